The fourth-order valence-corrected chi connectivity index (χ4v) is 4.12. The van der Waals surface area contributed by atoms with Crippen LogP contribution in [0.25, 0.3) is 0 Å². The molecule has 0 saturated heterocycles. The second-order valence-corrected chi connectivity index (χ2v) is 7.30. The zero-order valence-electron chi connectivity index (χ0n) is 9.89. The maximum Gasteiger partial charge on any atom is 0.300 e. The third-order valence-electron chi connectivity index (χ3n) is 2.30. The Morgan fingerprint density at radius 1 is 1.55 bits per heavy atom. The number of rotatable bonds is 6. The molecule has 2 aromatic heterocycles. The number of aromatic nitrogens is 2. The Labute approximate surface area is 123 Å². The number of nitrogens with one attached hydrogen (secondary N) is 1. The van der Waals surface area contributed by atoms with Gasteiger partial charge in [0.15, 0.2) is 4.34 Å². The quantitative estimate of drug-likeness (QED) is 0.635. The molecule has 0 aliphatic carbocycles. The van der Waals surface area contributed by atoms with Gasteiger partial charge in [-0.1, -0.05) is 11.6 Å². The summed E-state index contributed by atoms with van der Waals surface area (Å²) in [7, 11) is -3.81. The summed E-state index contributed by atoms with van der Waals surface area (Å²) >= 11 is 6.28. The van der Waals surface area contributed by atoms with Crippen LogP contribution in [-0.4, -0.2) is 29.7 Å². The maximum atomic E-state index is 11.9. The van der Waals surface area contributed by atoms with E-state index in [1.54, 1.807) is 23.1 Å². The van der Waals surface area contributed by atoms with Crippen molar-refractivity contribution in [1.29, 1.82) is 0 Å². The fraction of sp³-hybridized carbons (Fsp3) is 0.222. The highest BCUT2D eigenvalue weighted by molar-refractivity contribution is 7.91. The van der Waals surface area contributed by atoms with Crippen LogP contribution in [0.15, 0.2) is 28.7 Å². The van der Waals surface area contributed by atoms with Gasteiger partial charge in [0.2, 0.25) is 10.0 Å². The maximum absolute atomic E-state index is 11.9. The highest BCUT2D eigenvalue weighted by atomic mass is 35.5. The lowest BCUT2D eigenvalue weighted by Crippen LogP contribution is -2.26. The summed E-state index contributed by atoms with van der Waals surface area (Å²) in [6, 6.07) is 2.67. The number of hydrogen-bond acceptors (Lipinski definition) is 6. The van der Waals surface area contributed by atoms with Crippen LogP contribution in [0.1, 0.15) is 0 Å². The predicted molar refractivity (Wildman–Crippen MR) is 73.4 cm³/mol. The number of halogens is 1. The highest BCUT2D eigenvalue weighted by Gasteiger charge is 2.24. The average Bonchev–Trinajstić information content (AvgIpc) is 2.98. The summed E-state index contributed by atoms with van der Waals surface area (Å²) in [5.41, 5.74) is -0.413. The van der Waals surface area contributed by atoms with E-state index < -0.39 is 20.6 Å². The largest absolute Gasteiger partial charge is 0.300 e. The van der Waals surface area contributed by atoms with Gasteiger partial charge in [0, 0.05) is 25.0 Å². The van der Waals surface area contributed by atoms with Crippen molar-refractivity contribution in [2.45, 2.75) is 10.8 Å². The lowest BCUT2D eigenvalue weighted by Gasteiger charge is -2.04. The van der Waals surface area contributed by atoms with Gasteiger partial charge in [-0.25, -0.2) is 13.1 Å². The minimum atomic E-state index is -3.81. The molecule has 0 aliphatic heterocycles. The number of hydrogen-bond donors (Lipinski definition) is 1. The van der Waals surface area contributed by atoms with Crippen molar-refractivity contribution in [2.75, 3.05) is 6.54 Å². The summed E-state index contributed by atoms with van der Waals surface area (Å²) in [6.07, 6.45) is 3.28. The van der Waals surface area contributed by atoms with Gasteiger partial charge in [0.1, 0.15) is 4.21 Å². The van der Waals surface area contributed by atoms with Gasteiger partial charge in [-0.05, 0) is 6.07 Å². The van der Waals surface area contributed by atoms with Crippen LogP contribution in [0, 0.1) is 10.1 Å². The summed E-state index contributed by atoms with van der Waals surface area (Å²) < 4.78 is 27.4. The fourth-order valence-electron chi connectivity index (χ4n) is 1.39. The molecule has 20 heavy (non-hydrogen) atoms. The van der Waals surface area contributed by atoms with Gasteiger partial charge in [0.25, 0.3) is 5.69 Å². The van der Waals surface area contributed by atoms with Crippen molar-refractivity contribution in [1.82, 2.24) is 14.5 Å². The van der Waals surface area contributed by atoms with Crippen LogP contribution >= 0.6 is 22.9 Å². The summed E-state index contributed by atoms with van der Waals surface area (Å²) in [5, 5.41) is 14.6. The van der Waals surface area contributed by atoms with Crippen molar-refractivity contribution < 1.29 is 13.3 Å². The Balaban J connectivity index is 2.06. The molecule has 1 N–H and O–H groups in total. The van der Waals surface area contributed by atoms with E-state index in [0.29, 0.717) is 17.9 Å². The molecule has 0 amide bonds. The average molecular weight is 337 g/mol. The third-order valence-corrected chi connectivity index (χ3v) is 5.57. The Morgan fingerprint density at radius 3 is 2.85 bits per heavy atom. The minimum Gasteiger partial charge on any atom is -0.271 e. The summed E-state index contributed by atoms with van der Waals surface area (Å²) in [4.78, 5) is 9.91. The summed E-state index contributed by atoms with van der Waals surface area (Å²) in [5.74, 6) is 0. The van der Waals surface area contributed by atoms with E-state index in [0.717, 1.165) is 6.07 Å². The highest BCUT2D eigenvalue weighted by Crippen LogP contribution is 2.35. The summed E-state index contributed by atoms with van der Waals surface area (Å²) in [6.45, 7) is 0.473. The van der Waals surface area contributed by atoms with Gasteiger partial charge < -0.3 is 0 Å². The number of sulfonamides is 1. The normalized spacial score (nSPS) is 11.7. The molecule has 0 spiro atoms. The van der Waals surface area contributed by atoms with Crippen molar-refractivity contribution in [2.24, 2.45) is 0 Å². The molecule has 0 unspecified atom stereocenters. The second-order valence-electron chi connectivity index (χ2n) is 3.65. The monoisotopic (exact) mass is 336 g/mol. The molecular formula is C9H9ClN4O4S2. The Hall–Kier alpha value is -1.49. The lowest BCUT2D eigenvalue weighted by atomic mass is 10.6. The van der Waals surface area contributed by atoms with Crippen LogP contribution in [0.4, 0.5) is 5.69 Å². The zero-order chi connectivity index (χ0) is 14.8. The molecule has 0 aliphatic rings. The Bertz CT molecular complexity index is 710. The van der Waals surface area contributed by atoms with Crippen molar-refractivity contribution in [3.63, 3.8) is 0 Å². The van der Waals surface area contributed by atoms with E-state index in [1.807, 2.05) is 0 Å². The number of thiophene rings is 1. The van der Waals surface area contributed by atoms with Crippen LogP contribution in [-0.2, 0) is 16.6 Å². The molecular weight excluding hydrogens is 328 g/mol. The first-order valence-corrected chi connectivity index (χ1v) is 7.99. The van der Waals surface area contributed by atoms with Crippen LogP contribution in [0.5, 0.6) is 0 Å². The number of nitro groups is 1. The van der Waals surface area contributed by atoms with Gasteiger partial charge >= 0.3 is 0 Å². The molecule has 11 heteroatoms. The van der Waals surface area contributed by atoms with E-state index in [2.05, 4.69) is 9.82 Å². The van der Waals surface area contributed by atoms with Gasteiger partial charge in [0.05, 0.1) is 11.5 Å². The predicted octanol–water partition coefficient (Wildman–Crippen LogP) is 1.48. The second kappa shape index (κ2) is 5.87. The molecule has 8 nitrogen and oxygen atoms in total. The van der Waals surface area contributed by atoms with Crippen LogP contribution < -0.4 is 4.72 Å². The van der Waals surface area contributed by atoms with Gasteiger partial charge in [-0.3, -0.25) is 14.8 Å². The van der Waals surface area contributed by atoms with E-state index in [4.69, 9.17) is 11.6 Å². The zero-order valence-corrected chi connectivity index (χ0v) is 12.3. The molecule has 0 atom stereocenters. The molecule has 108 valence electrons. The smallest absolute Gasteiger partial charge is 0.271 e. The SMILES string of the molecule is O=[N+]([O-])c1cc(S(=O)(=O)NCCn2cccn2)sc1Cl. The standard InChI is InChI=1S/C9H9ClN4O4S2/c10-9-7(14(15)16)6-8(19-9)20(17,18)12-3-5-13-4-1-2-11-13/h1-2,4,6,12H,3,5H2. The lowest BCUT2D eigenvalue weighted by molar-refractivity contribution is -0.384. The molecule has 2 heterocycles. The van der Waals surface area contributed by atoms with Crippen LogP contribution in [0.2, 0.25) is 4.34 Å². The van der Waals surface area contributed by atoms with Gasteiger partial charge in [-0.15, -0.1) is 11.3 Å². The molecule has 0 aromatic carbocycles. The van der Waals surface area contributed by atoms with Crippen LogP contribution in [0.3, 0.4) is 0 Å². The van der Waals surface area contributed by atoms with E-state index in [-0.39, 0.29) is 15.1 Å². The molecule has 2 rings (SSSR count). The Kier molecular flexibility index (Phi) is 4.38. The molecule has 0 saturated carbocycles. The molecule has 0 radical (unpaired) electrons. The van der Waals surface area contributed by atoms with Crippen molar-refractivity contribution in [3.05, 3.63) is 39.0 Å². The number of nitrogens with zero attached hydrogens (tertiary/aromatic N) is 3. The van der Waals surface area contributed by atoms with E-state index in [9.17, 15) is 18.5 Å². The van der Waals surface area contributed by atoms with Crippen molar-refractivity contribution >= 4 is 38.6 Å². The first-order chi connectivity index (χ1) is 9.40. The molecule has 0 fully saturated rings. The van der Waals surface area contributed by atoms with E-state index in [1.165, 1.54) is 0 Å². The van der Waals surface area contributed by atoms with E-state index >= 15 is 0 Å². The Morgan fingerprint density at radius 2 is 2.30 bits per heavy atom. The minimum absolute atomic E-state index is 0.118. The van der Waals surface area contributed by atoms with Gasteiger partial charge in [-0.2, -0.15) is 5.10 Å². The topological polar surface area (TPSA) is 107 Å². The third kappa shape index (κ3) is 3.33. The van der Waals surface area contributed by atoms with Crippen molar-refractivity contribution in [3.8, 4) is 0 Å². The molecule has 0 bridgehead atoms. The first kappa shape index (κ1) is 14.9. The molecule has 2 aromatic rings. The first-order valence-electron chi connectivity index (χ1n) is 5.31.